The lowest BCUT2D eigenvalue weighted by Gasteiger charge is -2.53. The van der Waals surface area contributed by atoms with Gasteiger partial charge in [-0.2, -0.15) is 5.26 Å². The number of piperidine rings is 1. The van der Waals surface area contributed by atoms with Crippen LogP contribution in [0.25, 0.3) is 0 Å². The van der Waals surface area contributed by atoms with Crippen LogP contribution in [0.3, 0.4) is 0 Å². The highest BCUT2D eigenvalue weighted by atomic mass is 15.3. The van der Waals surface area contributed by atoms with Gasteiger partial charge in [0.2, 0.25) is 0 Å². The third-order valence-electron chi connectivity index (χ3n) is 3.51. The van der Waals surface area contributed by atoms with Crippen LogP contribution >= 0.6 is 0 Å². The van der Waals surface area contributed by atoms with Gasteiger partial charge in [0.15, 0.2) is 6.19 Å². The molecule has 1 aliphatic rings. The Bertz CT molecular complexity index is 255. The largest absolute Gasteiger partial charge is 0.306 e. The van der Waals surface area contributed by atoms with E-state index in [2.05, 4.69) is 52.9 Å². The SMILES string of the molecule is CN(C)C1CC(C)(C)N(C#N)C(C)(C)C1. The van der Waals surface area contributed by atoms with Gasteiger partial charge in [0.1, 0.15) is 0 Å². The fourth-order valence-corrected chi connectivity index (χ4v) is 2.86. The van der Waals surface area contributed by atoms with Gasteiger partial charge in [0.05, 0.1) is 0 Å². The van der Waals surface area contributed by atoms with Gasteiger partial charge in [-0.15, -0.1) is 0 Å². The third kappa shape index (κ3) is 2.26. The van der Waals surface area contributed by atoms with E-state index in [1.54, 1.807) is 0 Å². The number of likely N-dealkylation sites (tertiary alicyclic amines) is 1. The lowest BCUT2D eigenvalue weighted by Crippen LogP contribution is -2.61. The van der Waals surface area contributed by atoms with Crippen LogP contribution in [-0.2, 0) is 0 Å². The first-order valence-corrected chi connectivity index (χ1v) is 5.57. The van der Waals surface area contributed by atoms with Gasteiger partial charge in [-0.1, -0.05) is 0 Å². The molecular formula is C12H23N3. The Morgan fingerprint density at radius 3 is 1.80 bits per heavy atom. The minimum Gasteiger partial charge on any atom is -0.306 e. The molecule has 1 heterocycles. The average molecular weight is 209 g/mol. The fourth-order valence-electron chi connectivity index (χ4n) is 2.86. The Morgan fingerprint density at radius 1 is 1.13 bits per heavy atom. The van der Waals surface area contributed by atoms with Crippen molar-refractivity contribution >= 4 is 0 Å². The average Bonchev–Trinajstić information content (AvgIpc) is 1.99. The summed E-state index contributed by atoms with van der Waals surface area (Å²) in [5.41, 5.74) is -0.0725. The minimum absolute atomic E-state index is 0.0363. The topological polar surface area (TPSA) is 30.3 Å². The maximum Gasteiger partial charge on any atom is 0.180 e. The molecule has 0 atom stereocenters. The van der Waals surface area contributed by atoms with Gasteiger partial charge in [-0.05, 0) is 54.6 Å². The van der Waals surface area contributed by atoms with Gasteiger partial charge in [0, 0.05) is 17.1 Å². The van der Waals surface area contributed by atoms with E-state index in [0.717, 1.165) is 12.8 Å². The maximum absolute atomic E-state index is 9.25. The molecule has 0 amide bonds. The van der Waals surface area contributed by atoms with E-state index in [1.807, 2.05) is 4.90 Å². The molecule has 0 unspecified atom stereocenters. The summed E-state index contributed by atoms with van der Waals surface area (Å²) in [6.45, 7) is 8.64. The number of nitriles is 1. The fraction of sp³-hybridized carbons (Fsp3) is 0.917. The molecule has 0 N–H and O–H groups in total. The first kappa shape index (κ1) is 12.3. The molecule has 0 spiro atoms. The Kier molecular flexibility index (Phi) is 3.02. The molecule has 0 aliphatic carbocycles. The second-order valence-corrected chi connectivity index (χ2v) is 6.09. The van der Waals surface area contributed by atoms with Crippen LogP contribution in [0.5, 0.6) is 0 Å². The molecule has 3 heteroatoms. The molecule has 0 bridgehead atoms. The summed E-state index contributed by atoms with van der Waals surface area (Å²) < 4.78 is 0. The molecule has 86 valence electrons. The number of rotatable bonds is 1. The predicted molar refractivity (Wildman–Crippen MR) is 62.3 cm³/mol. The van der Waals surface area contributed by atoms with E-state index in [0.29, 0.717) is 6.04 Å². The highest BCUT2D eigenvalue weighted by molar-refractivity contribution is 5.06. The van der Waals surface area contributed by atoms with E-state index < -0.39 is 0 Å². The highest BCUT2D eigenvalue weighted by Crippen LogP contribution is 2.38. The molecule has 1 aliphatic heterocycles. The Hall–Kier alpha value is -0.750. The van der Waals surface area contributed by atoms with Crippen molar-refractivity contribution in [3.63, 3.8) is 0 Å². The molecule has 1 fully saturated rings. The molecular weight excluding hydrogens is 186 g/mol. The van der Waals surface area contributed by atoms with Crippen LogP contribution in [0.1, 0.15) is 40.5 Å². The molecule has 0 radical (unpaired) electrons. The molecule has 3 nitrogen and oxygen atoms in total. The predicted octanol–water partition coefficient (Wildman–Crippen LogP) is 2.05. The Balaban J connectivity index is 2.97. The van der Waals surface area contributed by atoms with E-state index in [-0.39, 0.29) is 11.1 Å². The van der Waals surface area contributed by atoms with Crippen LogP contribution < -0.4 is 0 Å². The smallest absolute Gasteiger partial charge is 0.180 e. The molecule has 0 aromatic heterocycles. The van der Waals surface area contributed by atoms with E-state index >= 15 is 0 Å². The highest BCUT2D eigenvalue weighted by Gasteiger charge is 2.45. The maximum atomic E-state index is 9.25. The van der Waals surface area contributed by atoms with Crippen molar-refractivity contribution in [1.82, 2.24) is 9.80 Å². The van der Waals surface area contributed by atoms with Crippen molar-refractivity contribution in [3.8, 4) is 6.19 Å². The van der Waals surface area contributed by atoms with Crippen molar-refractivity contribution in [2.45, 2.75) is 57.7 Å². The van der Waals surface area contributed by atoms with E-state index in [4.69, 9.17) is 0 Å². The van der Waals surface area contributed by atoms with Crippen LogP contribution in [-0.4, -0.2) is 41.0 Å². The first-order chi connectivity index (χ1) is 6.70. The minimum atomic E-state index is -0.0363. The first-order valence-electron chi connectivity index (χ1n) is 5.57. The van der Waals surface area contributed by atoms with Crippen molar-refractivity contribution in [1.29, 1.82) is 5.26 Å². The second kappa shape index (κ2) is 3.68. The summed E-state index contributed by atoms with van der Waals surface area (Å²) in [4.78, 5) is 4.23. The molecule has 0 aromatic rings. The number of hydrogen-bond acceptors (Lipinski definition) is 3. The standard InChI is InChI=1S/C12H23N3/c1-11(2)7-10(14(5)6)8-12(3,4)15(11)9-13/h10H,7-8H2,1-6H3. The van der Waals surface area contributed by atoms with Gasteiger partial charge in [-0.25, -0.2) is 0 Å². The summed E-state index contributed by atoms with van der Waals surface area (Å²) >= 11 is 0. The Labute approximate surface area is 93.7 Å². The van der Waals surface area contributed by atoms with Gasteiger partial charge >= 0.3 is 0 Å². The summed E-state index contributed by atoms with van der Waals surface area (Å²) in [6.07, 6.45) is 4.46. The second-order valence-electron chi connectivity index (χ2n) is 6.09. The van der Waals surface area contributed by atoms with Gasteiger partial charge < -0.3 is 4.90 Å². The van der Waals surface area contributed by atoms with Crippen molar-refractivity contribution in [3.05, 3.63) is 0 Å². The van der Waals surface area contributed by atoms with Crippen LogP contribution in [0.15, 0.2) is 0 Å². The summed E-state index contributed by atoms with van der Waals surface area (Å²) in [6, 6.07) is 0.569. The molecule has 1 rings (SSSR count). The summed E-state index contributed by atoms with van der Waals surface area (Å²) in [5.74, 6) is 0. The monoisotopic (exact) mass is 209 g/mol. The lowest BCUT2D eigenvalue weighted by atomic mass is 9.77. The number of nitrogens with zero attached hydrogens (tertiary/aromatic N) is 3. The summed E-state index contributed by atoms with van der Waals surface area (Å²) in [5, 5.41) is 9.25. The van der Waals surface area contributed by atoms with Crippen LogP contribution in [0.2, 0.25) is 0 Å². The van der Waals surface area contributed by atoms with Crippen molar-refractivity contribution in [2.24, 2.45) is 0 Å². The summed E-state index contributed by atoms with van der Waals surface area (Å²) in [7, 11) is 4.25. The molecule has 1 saturated heterocycles. The van der Waals surface area contributed by atoms with Crippen molar-refractivity contribution < 1.29 is 0 Å². The van der Waals surface area contributed by atoms with Gasteiger partial charge in [-0.3, -0.25) is 4.90 Å². The van der Waals surface area contributed by atoms with Gasteiger partial charge in [0.25, 0.3) is 0 Å². The van der Waals surface area contributed by atoms with Crippen molar-refractivity contribution in [2.75, 3.05) is 14.1 Å². The normalized spacial score (nSPS) is 25.3. The lowest BCUT2D eigenvalue weighted by molar-refractivity contribution is -0.0142. The Morgan fingerprint density at radius 2 is 1.53 bits per heavy atom. The van der Waals surface area contributed by atoms with E-state index in [9.17, 15) is 5.26 Å². The quantitative estimate of drug-likeness (QED) is 0.619. The molecule has 0 saturated carbocycles. The van der Waals surface area contributed by atoms with Crippen LogP contribution in [0.4, 0.5) is 0 Å². The zero-order valence-corrected chi connectivity index (χ0v) is 10.8. The third-order valence-corrected chi connectivity index (χ3v) is 3.51. The zero-order chi connectivity index (χ0) is 11.9. The number of hydrogen-bond donors (Lipinski definition) is 0. The molecule has 0 aromatic carbocycles. The van der Waals surface area contributed by atoms with Crippen LogP contribution in [0, 0.1) is 11.5 Å². The zero-order valence-electron chi connectivity index (χ0n) is 10.8. The van der Waals surface area contributed by atoms with E-state index in [1.165, 1.54) is 0 Å². The molecule has 15 heavy (non-hydrogen) atoms.